The SMILES string of the molecule is CCCCC(CC)(CS)C(F)CCC. The highest BCUT2D eigenvalue weighted by atomic mass is 32.1. The first-order valence-corrected chi connectivity index (χ1v) is 6.55. The number of halogens is 1. The molecule has 0 radical (unpaired) electrons. The van der Waals surface area contributed by atoms with Gasteiger partial charge in [0.2, 0.25) is 0 Å². The molecule has 0 saturated carbocycles. The lowest BCUT2D eigenvalue weighted by Gasteiger charge is -2.34. The second-order valence-electron chi connectivity index (χ2n) is 4.23. The molecule has 0 fully saturated rings. The fraction of sp³-hybridized carbons (Fsp3) is 1.00. The summed E-state index contributed by atoms with van der Waals surface area (Å²) in [6, 6.07) is 0. The van der Waals surface area contributed by atoms with Gasteiger partial charge < -0.3 is 0 Å². The van der Waals surface area contributed by atoms with Crippen molar-refractivity contribution in [3.63, 3.8) is 0 Å². The van der Waals surface area contributed by atoms with Crippen molar-refractivity contribution in [1.29, 1.82) is 0 Å². The van der Waals surface area contributed by atoms with Crippen molar-refractivity contribution >= 4 is 12.6 Å². The van der Waals surface area contributed by atoms with Crippen molar-refractivity contribution in [3.8, 4) is 0 Å². The molecule has 0 aromatic carbocycles. The normalized spacial score (nSPS) is 17.8. The molecule has 86 valence electrons. The molecule has 2 unspecified atom stereocenters. The quantitative estimate of drug-likeness (QED) is 0.566. The van der Waals surface area contributed by atoms with Gasteiger partial charge in [-0.2, -0.15) is 12.6 Å². The van der Waals surface area contributed by atoms with Gasteiger partial charge in [-0.15, -0.1) is 0 Å². The minimum absolute atomic E-state index is 0.158. The smallest absolute Gasteiger partial charge is 0.106 e. The van der Waals surface area contributed by atoms with Crippen molar-refractivity contribution in [1.82, 2.24) is 0 Å². The molecule has 0 nitrogen and oxygen atoms in total. The molecule has 14 heavy (non-hydrogen) atoms. The maximum absolute atomic E-state index is 14.0. The molecule has 0 bridgehead atoms. The number of hydrogen-bond acceptors (Lipinski definition) is 1. The molecule has 0 spiro atoms. The van der Waals surface area contributed by atoms with Gasteiger partial charge in [-0.25, -0.2) is 4.39 Å². The first kappa shape index (κ1) is 14.3. The van der Waals surface area contributed by atoms with Crippen LogP contribution in [0.1, 0.15) is 59.3 Å². The van der Waals surface area contributed by atoms with Gasteiger partial charge in [0.15, 0.2) is 0 Å². The number of thiol groups is 1. The van der Waals surface area contributed by atoms with Crippen LogP contribution in [0.15, 0.2) is 0 Å². The fourth-order valence-electron chi connectivity index (χ4n) is 1.93. The van der Waals surface area contributed by atoms with Crippen molar-refractivity contribution in [3.05, 3.63) is 0 Å². The largest absolute Gasteiger partial charge is 0.247 e. The fourth-order valence-corrected chi connectivity index (χ4v) is 2.51. The van der Waals surface area contributed by atoms with E-state index < -0.39 is 6.17 Å². The summed E-state index contributed by atoms with van der Waals surface area (Å²) >= 11 is 4.35. The van der Waals surface area contributed by atoms with Crippen LogP contribution in [0.4, 0.5) is 4.39 Å². The summed E-state index contributed by atoms with van der Waals surface area (Å²) in [4.78, 5) is 0. The second-order valence-corrected chi connectivity index (χ2v) is 4.55. The highest BCUT2D eigenvalue weighted by molar-refractivity contribution is 7.80. The molecule has 0 aliphatic heterocycles. The maximum Gasteiger partial charge on any atom is 0.106 e. The molecule has 0 heterocycles. The molecule has 0 N–H and O–H groups in total. The zero-order valence-electron chi connectivity index (χ0n) is 9.85. The van der Waals surface area contributed by atoms with Crippen molar-refractivity contribution in [2.45, 2.75) is 65.5 Å². The van der Waals surface area contributed by atoms with E-state index in [0.29, 0.717) is 12.2 Å². The first-order chi connectivity index (χ1) is 6.66. The predicted molar refractivity (Wildman–Crippen MR) is 65.9 cm³/mol. The monoisotopic (exact) mass is 220 g/mol. The Labute approximate surface area is 94.1 Å². The van der Waals surface area contributed by atoms with Crippen molar-refractivity contribution in [2.75, 3.05) is 5.75 Å². The molecule has 2 heteroatoms. The number of rotatable bonds is 8. The summed E-state index contributed by atoms with van der Waals surface area (Å²) in [5.74, 6) is 0.685. The van der Waals surface area contributed by atoms with Gasteiger partial charge in [0.05, 0.1) is 0 Å². The molecule has 0 amide bonds. The standard InChI is InChI=1S/C12H25FS/c1-4-7-9-12(6-3,10-14)11(13)8-5-2/h11,14H,4-10H2,1-3H3. The third kappa shape index (κ3) is 3.80. The van der Waals surface area contributed by atoms with E-state index in [1.165, 1.54) is 0 Å². The number of unbranched alkanes of at least 4 members (excludes halogenated alkanes) is 1. The molecular formula is C12H25FS. The van der Waals surface area contributed by atoms with Crippen LogP contribution in [-0.2, 0) is 0 Å². The predicted octanol–water partition coefficient (Wildman–Crippen LogP) is 4.64. The van der Waals surface area contributed by atoms with Gasteiger partial charge in [0.1, 0.15) is 6.17 Å². The van der Waals surface area contributed by atoms with Crippen LogP contribution in [0.3, 0.4) is 0 Å². The molecule has 0 saturated heterocycles. The van der Waals surface area contributed by atoms with E-state index in [4.69, 9.17) is 0 Å². The van der Waals surface area contributed by atoms with Crippen LogP contribution in [0.2, 0.25) is 0 Å². The minimum Gasteiger partial charge on any atom is -0.247 e. The van der Waals surface area contributed by atoms with E-state index in [-0.39, 0.29) is 5.41 Å². The van der Waals surface area contributed by atoms with E-state index in [2.05, 4.69) is 26.5 Å². The van der Waals surface area contributed by atoms with Crippen LogP contribution in [-0.4, -0.2) is 11.9 Å². The topological polar surface area (TPSA) is 0 Å². The van der Waals surface area contributed by atoms with Crippen LogP contribution >= 0.6 is 12.6 Å². The van der Waals surface area contributed by atoms with Crippen LogP contribution in [0.25, 0.3) is 0 Å². The third-order valence-corrected chi connectivity index (χ3v) is 3.88. The second kappa shape index (κ2) is 7.56. The van der Waals surface area contributed by atoms with Crippen LogP contribution < -0.4 is 0 Å². The summed E-state index contributed by atoms with van der Waals surface area (Å²) in [7, 11) is 0. The molecule has 0 rings (SSSR count). The van der Waals surface area contributed by atoms with Crippen LogP contribution in [0, 0.1) is 5.41 Å². The lowest BCUT2D eigenvalue weighted by atomic mass is 9.76. The zero-order chi connectivity index (χ0) is 11.0. The summed E-state index contributed by atoms with van der Waals surface area (Å²) in [5, 5.41) is 0. The maximum atomic E-state index is 14.0. The van der Waals surface area contributed by atoms with Crippen molar-refractivity contribution < 1.29 is 4.39 Å². The molecular weight excluding hydrogens is 195 g/mol. The molecule has 0 aromatic heterocycles. The Balaban J connectivity index is 4.33. The van der Waals surface area contributed by atoms with Crippen molar-refractivity contribution in [2.24, 2.45) is 5.41 Å². The number of hydrogen-bond donors (Lipinski definition) is 1. The van der Waals surface area contributed by atoms with Gasteiger partial charge >= 0.3 is 0 Å². The Hall–Kier alpha value is 0.280. The Morgan fingerprint density at radius 1 is 1.21 bits per heavy atom. The summed E-state index contributed by atoms with van der Waals surface area (Å²) in [5.41, 5.74) is -0.158. The highest BCUT2D eigenvalue weighted by Crippen LogP contribution is 2.38. The Morgan fingerprint density at radius 3 is 2.21 bits per heavy atom. The average molecular weight is 220 g/mol. The lowest BCUT2D eigenvalue weighted by molar-refractivity contribution is 0.101. The van der Waals surface area contributed by atoms with E-state index >= 15 is 0 Å². The zero-order valence-corrected chi connectivity index (χ0v) is 10.7. The van der Waals surface area contributed by atoms with Gasteiger partial charge in [-0.05, 0) is 25.0 Å². The van der Waals surface area contributed by atoms with E-state index in [1.807, 2.05) is 6.92 Å². The summed E-state index contributed by atoms with van der Waals surface area (Å²) in [6.07, 6.45) is 5.14. The Morgan fingerprint density at radius 2 is 1.86 bits per heavy atom. The van der Waals surface area contributed by atoms with Gasteiger partial charge in [-0.1, -0.05) is 40.0 Å². The lowest BCUT2D eigenvalue weighted by Crippen LogP contribution is -2.33. The average Bonchev–Trinajstić information content (AvgIpc) is 2.21. The number of alkyl halides is 1. The van der Waals surface area contributed by atoms with E-state index in [1.54, 1.807) is 0 Å². The Bertz CT molecular complexity index is 132. The van der Waals surface area contributed by atoms with Gasteiger partial charge in [0, 0.05) is 5.41 Å². The molecule has 0 aliphatic rings. The van der Waals surface area contributed by atoms with E-state index in [9.17, 15) is 4.39 Å². The van der Waals surface area contributed by atoms with Crippen LogP contribution in [0.5, 0.6) is 0 Å². The summed E-state index contributed by atoms with van der Waals surface area (Å²) in [6.45, 7) is 6.30. The first-order valence-electron chi connectivity index (χ1n) is 5.91. The molecule has 2 atom stereocenters. The van der Waals surface area contributed by atoms with E-state index in [0.717, 1.165) is 32.1 Å². The Kier molecular flexibility index (Phi) is 7.71. The molecule has 0 aromatic rings. The highest BCUT2D eigenvalue weighted by Gasteiger charge is 2.34. The summed E-state index contributed by atoms with van der Waals surface area (Å²) < 4.78 is 14.0. The third-order valence-electron chi connectivity index (χ3n) is 3.25. The minimum atomic E-state index is -0.665. The van der Waals surface area contributed by atoms with Gasteiger partial charge in [0.25, 0.3) is 0 Å². The molecule has 0 aliphatic carbocycles. The van der Waals surface area contributed by atoms with Gasteiger partial charge in [-0.3, -0.25) is 0 Å².